The van der Waals surface area contributed by atoms with Gasteiger partial charge in [0.05, 0.1) is 23.8 Å². The Labute approximate surface area is 224 Å². The lowest BCUT2D eigenvalue weighted by molar-refractivity contribution is -0.153. The quantitative estimate of drug-likeness (QED) is 0.174. The highest BCUT2D eigenvalue weighted by Gasteiger charge is 2.64. The monoisotopic (exact) mass is 543 g/mol. The fraction of sp³-hybridized carbons (Fsp3) is 0.462. The zero-order valence-corrected chi connectivity index (χ0v) is 22.3. The summed E-state index contributed by atoms with van der Waals surface area (Å²) in [7, 11) is 8.14. The zero-order chi connectivity index (χ0) is 29.1. The summed E-state index contributed by atoms with van der Waals surface area (Å²) in [6, 6.07) is 0.399. The third-order valence-electron chi connectivity index (χ3n) is 7.79. The molecule has 1 fully saturated rings. The van der Waals surface area contributed by atoms with E-state index in [1.54, 1.807) is 46.2 Å². The second kappa shape index (κ2) is 9.67. The molecule has 1 aromatic rings. The molecule has 4 atom stereocenters. The molecule has 39 heavy (non-hydrogen) atoms. The summed E-state index contributed by atoms with van der Waals surface area (Å²) in [4.78, 5) is 54.7. The molecule has 0 radical (unpaired) electrons. The van der Waals surface area contributed by atoms with Gasteiger partial charge >= 0.3 is 0 Å². The first-order chi connectivity index (χ1) is 18.2. The number of nitrogens with two attached hydrogens (primary N) is 1. The highest BCUT2D eigenvalue weighted by molar-refractivity contribution is 6.24. The first kappa shape index (κ1) is 28.1. The predicted octanol–water partition coefficient (Wildman–Crippen LogP) is -0.812. The van der Waals surface area contributed by atoms with Crippen LogP contribution in [0.3, 0.4) is 0 Å². The summed E-state index contributed by atoms with van der Waals surface area (Å²) < 4.78 is 0. The Morgan fingerprint density at radius 1 is 1.15 bits per heavy atom. The summed E-state index contributed by atoms with van der Waals surface area (Å²) in [5.74, 6) is -7.78. The zero-order valence-electron chi connectivity index (χ0n) is 22.3. The van der Waals surface area contributed by atoms with Crippen molar-refractivity contribution in [1.29, 1.82) is 0 Å². The Bertz CT molecular complexity index is 1360. The van der Waals surface area contributed by atoms with E-state index >= 15 is 0 Å². The van der Waals surface area contributed by atoms with Gasteiger partial charge in [0.15, 0.2) is 11.4 Å². The van der Waals surface area contributed by atoms with Gasteiger partial charge in [-0.2, -0.15) is 0 Å². The first-order valence-electron chi connectivity index (χ1n) is 12.3. The minimum Gasteiger partial charge on any atom is -0.508 e. The number of Topliss-reactive ketones (excluding diaryl/α,β-unsaturated/α-hetero) is 2. The summed E-state index contributed by atoms with van der Waals surface area (Å²) in [5, 5.41) is 50.5. The van der Waals surface area contributed by atoms with Gasteiger partial charge in [0.2, 0.25) is 11.7 Å². The lowest BCUT2D eigenvalue weighted by atomic mass is 9.57. The van der Waals surface area contributed by atoms with Crippen molar-refractivity contribution < 1.29 is 39.6 Å². The fourth-order valence-electron chi connectivity index (χ4n) is 6.14. The van der Waals surface area contributed by atoms with Crippen molar-refractivity contribution in [2.75, 3.05) is 52.0 Å². The Morgan fingerprint density at radius 2 is 1.79 bits per heavy atom. The molecule has 8 N–H and O–H groups in total. The molecular weight excluding hydrogens is 510 g/mol. The smallest absolute Gasteiger partial charge is 0.255 e. The third kappa shape index (κ3) is 4.04. The van der Waals surface area contributed by atoms with E-state index < -0.39 is 69.7 Å². The van der Waals surface area contributed by atoms with E-state index in [0.717, 1.165) is 0 Å². The van der Waals surface area contributed by atoms with E-state index in [0.29, 0.717) is 11.3 Å². The highest BCUT2D eigenvalue weighted by atomic mass is 16.3. The van der Waals surface area contributed by atoms with E-state index in [4.69, 9.17) is 5.73 Å². The summed E-state index contributed by atoms with van der Waals surface area (Å²) in [6.07, 6.45) is 0.125. The molecule has 2 amide bonds. The van der Waals surface area contributed by atoms with Gasteiger partial charge in [-0.1, -0.05) is 0 Å². The van der Waals surface area contributed by atoms with Crippen LogP contribution in [0.15, 0.2) is 23.0 Å². The number of likely N-dealkylation sites (N-methyl/N-ethyl adjacent to an activating group) is 2. The number of nitrogens with one attached hydrogen (secondary N) is 2. The van der Waals surface area contributed by atoms with Crippen LogP contribution in [0.2, 0.25) is 0 Å². The Morgan fingerprint density at radius 3 is 2.33 bits per heavy atom. The molecule has 0 aliphatic heterocycles. The van der Waals surface area contributed by atoms with Crippen molar-refractivity contribution in [3.05, 3.63) is 34.1 Å². The largest absolute Gasteiger partial charge is 0.508 e. The second-order valence-electron chi connectivity index (χ2n) is 10.6. The van der Waals surface area contributed by atoms with Crippen LogP contribution < -0.4 is 21.3 Å². The summed E-state index contributed by atoms with van der Waals surface area (Å²) in [5.41, 5.74) is 2.44. The molecule has 0 bridgehead atoms. The number of anilines is 2. The van der Waals surface area contributed by atoms with Crippen molar-refractivity contribution in [2.45, 2.75) is 24.5 Å². The normalized spacial score (nSPS) is 26.3. The number of amides is 2. The number of phenols is 1. The number of hydrogen-bond donors (Lipinski definition) is 7. The van der Waals surface area contributed by atoms with Crippen molar-refractivity contribution in [3.8, 4) is 5.75 Å². The van der Waals surface area contributed by atoms with Gasteiger partial charge in [-0.05, 0) is 51.5 Å². The fourth-order valence-corrected chi connectivity index (χ4v) is 6.14. The van der Waals surface area contributed by atoms with Gasteiger partial charge in [0.1, 0.15) is 22.8 Å². The van der Waals surface area contributed by atoms with Gasteiger partial charge in [0, 0.05) is 31.3 Å². The molecule has 0 heterocycles. The van der Waals surface area contributed by atoms with Crippen molar-refractivity contribution in [3.63, 3.8) is 0 Å². The maximum atomic E-state index is 14.0. The van der Waals surface area contributed by atoms with Crippen LogP contribution in [0.4, 0.5) is 11.4 Å². The molecule has 0 saturated heterocycles. The third-order valence-corrected chi connectivity index (χ3v) is 7.79. The molecule has 4 rings (SSSR count). The highest BCUT2D eigenvalue weighted by Crippen LogP contribution is 2.54. The van der Waals surface area contributed by atoms with Crippen LogP contribution >= 0.6 is 0 Å². The number of nitrogens with zero attached hydrogens (tertiary/aromatic N) is 2. The molecular formula is C26H33N5O8. The number of primary amides is 1. The van der Waals surface area contributed by atoms with E-state index in [-0.39, 0.29) is 36.2 Å². The minimum atomic E-state index is -2.72. The number of benzene rings is 1. The van der Waals surface area contributed by atoms with Gasteiger partial charge in [-0.25, -0.2) is 0 Å². The van der Waals surface area contributed by atoms with Crippen LogP contribution in [0.25, 0.3) is 5.76 Å². The molecule has 13 heteroatoms. The number of rotatable bonds is 6. The van der Waals surface area contributed by atoms with Gasteiger partial charge < -0.3 is 41.7 Å². The molecule has 210 valence electrons. The van der Waals surface area contributed by atoms with E-state index in [9.17, 15) is 39.6 Å². The predicted molar refractivity (Wildman–Crippen MR) is 141 cm³/mol. The average Bonchev–Trinajstić information content (AvgIpc) is 2.82. The van der Waals surface area contributed by atoms with Gasteiger partial charge in [0.25, 0.3) is 5.91 Å². The summed E-state index contributed by atoms with van der Waals surface area (Å²) >= 11 is 0. The topological polar surface area (TPSA) is 206 Å². The number of carbonyl (C=O) groups is 4. The molecule has 3 unspecified atom stereocenters. The Hall–Kier alpha value is -3.94. The molecule has 13 nitrogen and oxygen atoms in total. The molecule has 3 aliphatic carbocycles. The second-order valence-corrected chi connectivity index (χ2v) is 10.6. The number of ketones is 2. The van der Waals surface area contributed by atoms with Crippen molar-refractivity contribution in [2.24, 2.45) is 17.6 Å². The van der Waals surface area contributed by atoms with Gasteiger partial charge in [-0.3, -0.25) is 24.1 Å². The maximum absolute atomic E-state index is 14.0. The van der Waals surface area contributed by atoms with Crippen LogP contribution in [-0.2, 0) is 25.6 Å². The van der Waals surface area contributed by atoms with Crippen LogP contribution in [0, 0.1) is 11.8 Å². The molecule has 0 spiro atoms. The number of phenolic OH excluding ortho intramolecular Hbond substituents is 1. The van der Waals surface area contributed by atoms with Crippen LogP contribution in [0.5, 0.6) is 5.75 Å². The Balaban J connectivity index is 1.97. The van der Waals surface area contributed by atoms with Crippen molar-refractivity contribution in [1.82, 2.24) is 10.2 Å². The molecule has 1 saturated carbocycles. The average molecular weight is 544 g/mol. The van der Waals surface area contributed by atoms with E-state index in [1.165, 1.54) is 4.90 Å². The molecule has 3 aliphatic rings. The molecule has 1 aromatic carbocycles. The SMILES string of the molecule is CNCC(=O)Nc1cc(N(C)C)c2c(c1O)C(O)=C1C(=O)C3(O)C(O)=C(C(N)=O)C(=O)[C@@H](N(C)C)C3CC1C2. The number of aliphatic hydroxyl groups is 3. The first-order valence-corrected chi connectivity index (χ1v) is 12.3. The minimum absolute atomic E-state index is 0.00200. The molecule has 0 aromatic heterocycles. The lowest BCUT2D eigenvalue weighted by Crippen LogP contribution is -2.65. The maximum Gasteiger partial charge on any atom is 0.255 e. The lowest BCUT2D eigenvalue weighted by Gasteiger charge is -2.50. The number of aromatic hydroxyl groups is 1. The van der Waals surface area contributed by atoms with Crippen molar-refractivity contribution >= 4 is 40.5 Å². The van der Waals surface area contributed by atoms with Crippen LogP contribution in [-0.4, -0.2) is 102 Å². The number of carbonyl (C=O) groups excluding carboxylic acids is 4. The van der Waals surface area contributed by atoms with E-state index in [1.807, 2.05) is 0 Å². The van der Waals surface area contributed by atoms with Gasteiger partial charge in [-0.15, -0.1) is 0 Å². The van der Waals surface area contributed by atoms with E-state index in [2.05, 4.69) is 10.6 Å². The number of fused-ring (bicyclic) bond motifs is 3. The standard InChI is InChI=1S/C26H33N5O8/c1-28-9-15(32)29-13-8-14(30(2)3)11-6-10-7-12-19(31(4)5)22(35)18(25(27)38)24(37)26(12,39)23(36)16(10)21(34)17(11)20(13)33/h8,10,12,19,28,33-34,37,39H,6-7,9H2,1-5H3,(H2,27,38)(H,29,32)/t10?,12?,19-,26?/m0/s1. The van der Waals surface area contributed by atoms with Crippen LogP contribution in [0.1, 0.15) is 17.5 Å². The number of aliphatic hydroxyl groups excluding tert-OH is 2. The number of hydrogen-bond acceptors (Lipinski definition) is 11. The summed E-state index contributed by atoms with van der Waals surface area (Å²) in [6.45, 7) is -0.0462. The Kier molecular flexibility index (Phi) is 6.96.